The van der Waals surface area contributed by atoms with Crippen molar-refractivity contribution in [3.63, 3.8) is 0 Å². The van der Waals surface area contributed by atoms with Gasteiger partial charge < -0.3 is 0 Å². The van der Waals surface area contributed by atoms with E-state index in [1.807, 2.05) is 18.2 Å². The van der Waals surface area contributed by atoms with E-state index < -0.39 is 0 Å². The Morgan fingerprint density at radius 2 is 1.45 bits per heavy atom. The van der Waals surface area contributed by atoms with Crippen LogP contribution in [0.25, 0.3) is 0 Å². The van der Waals surface area contributed by atoms with Crippen molar-refractivity contribution in [1.29, 1.82) is 0 Å². The van der Waals surface area contributed by atoms with Crippen LogP contribution in [-0.2, 0) is 13.1 Å². The molecule has 0 N–H and O–H groups in total. The Labute approximate surface area is 130 Å². The first kappa shape index (κ1) is 15.1. The number of halogens is 2. The van der Waals surface area contributed by atoms with Crippen LogP contribution >= 0.6 is 0 Å². The quantitative estimate of drug-likeness (QED) is 0.855. The third kappa shape index (κ3) is 3.90. The van der Waals surface area contributed by atoms with Gasteiger partial charge in [-0.3, -0.25) is 9.80 Å². The summed E-state index contributed by atoms with van der Waals surface area (Å²) in [4.78, 5) is 4.58. The van der Waals surface area contributed by atoms with E-state index in [4.69, 9.17) is 0 Å². The number of rotatable bonds is 4. The van der Waals surface area contributed by atoms with Gasteiger partial charge in [0.1, 0.15) is 11.6 Å². The number of piperazine rings is 1. The highest BCUT2D eigenvalue weighted by Crippen LogP contribution is 2.14. The maximum atomic E-state index is 13.7. The predicted molar refractivity (Wildman–Crippen MR) is 83.4 cm³/mol. The molecule has 0 unspecified atom stereocenters. The van der Waals surface area contributed by atoms with Gasteiger partial charge in [-0.05, 0) is 23.8 Å². The SMILES string of the molecule is Fc1cccc(CN2CCN(Cc3ccccc3F)CC2)c1. The van der Waals surface area contributed by atoms with Crippen LogP contribution in [0.5, 0.6) is 0 Å². The van der Waals surface area contributed by atoms with Gasteiger partial charge in [0.2, 0.25) is 0 Å². The fourth-order valence-corrected chi connectivity index (χ4v) is 2.87. The second-order valence-electron chi connectivity index (χ2n) is 5.77. The lowest BCUT2D eigenvalue weighted by Crippen LogP contribution is -2.45. The normalized spacial score (nSPS) is 16.8. The second-order valence-corrected chi connectivity index (χ2v) is 5.77. The zero-order valence-electron chi connectivity index (χ0n) is 12.5. The fourth-order valence-electron chi connectivity index (χ4n) is 2.87. The van der Waals surface area contributed by atoms with Crippen LogP contribution in [0.3, 0.4) is 0 Å². The van der Waals surface area contributed by atoms with Gasteiger partial charge in [-0.15, -0.1) is 0 Å². The zero-order valence-corrected chi connectivity index (χ0v) is 12.5. The molecule has 2 nitrogen and oxygen atoms in total. The van der Waals surface area contributed by atoms with Crippen molar-refractivity contribution in [1.82, 2.24) is 9.80 Å². The minimum absolute atomic E-state index is 0.135. The summed E-state index contributed by atoms with van der Waals surface area (Å²) in [5.41, 5.74) is 1.75. The van der Waals surface area contributed by atoms with E-state index in [9.17, 15) is 8.78 Å². The Kier molecular flexibility index (Phi) is 4.80. The monoisotopic (exact) mass is 302 g/mol. The predicted octanol–water partition coefficient (Wildman–Crippen LogP) is 3.28. The van der Waals surface area contributed by atoms with Crippen LogP contribution in [0.1, 0.15) is 11.1 Å². The molecule has 116 valence electrons. The standard InChI is InChI=1S/C18H20F2N2/c19-17-6-3-4-15(12-17)13-21-8-10-22(11-9-21)14-16-5-1-2-7-18(16)20/h1-7,12H,8-11,13-14H2. The lowest BCUT2D eigenvalue weighted by Gasteiger charge is -2.34. The Morgan fingerprint density at radius 3 is 2.14 bits per heavy atom. The molecule has 0 aromatic heterocycles. The Balaban J connectivity index is 1.51. The van der Waals surface area contributed by atoms with E-state index in [1.165, 1.54) is 12.1 Å². The van der Waals surface area contributed by atoms with Crippen LogP contribution in [-0.4, -0.2) is 36.0 Å². The molecule has 2 aromatic rings. The van der Waals surface area contributed by atoms with Crippen molar-refractivity contribution < 1.29 is 8.78 Å². The smallest absolute Gasteiger partial charge is 0.127 e. The number of benzene rings is 2. The molecule has 0 saturated carbocycles. The average molecular weight is 302 g/mol. The summed E-state index contributed by atoms with van der Waals surface area (Å²) in [6.07, 6.45) is 0. The lowest BCUT2D eigenvalue weighted by atomic mass is 10.1. The van der Waals surface area contributed by atoms with E-state index in [2.05, 4.69) is 9.80 Å². The van der Waals surface area contributed by atoms with Crippen molar-refractivity contribution in [2.45, 2.75) is 13.1 Å². The third-order valence-electron chi connectivity index (χ3n) is 4.11. The number of hydrogen-bond donors (Lipinski definition) is 0. The van der Waals surface area contributed by atoms with Gasteiger partial charge in [-0.1, -0.05) is 30.3 Å². The molecule has 0 amide bonds. The van der Waals surface area contributed by atoms with Gasteiger partial charge >= 0.3 is 0 Å². The van der Waals surface area contributed by atoms with Gasteiger partial charge in [0.05, 0.1) is 0 Å². The molecule has 22 heavy (non-hydrogen) atoms. The molecule has 1 aliphatic rings. The van der Waals surface area contributed by atoms with E-state index in [-0.39, 0.29) is 11.6 Å². The minimum atomic E-state index is -0.185. The first-order valence-electron chi connectivity index (χ1n) is 7.63. The molecule has 0 radical (unpaired) electrons. The largest absolute Gasteiger partial charge is 0.297 e. The van der Waals surface area contributed by atoms with Crippen LogP contribution in [0.15, 0.2) is 48.5 Å². The molecule has 2 aromatic carbocycles. The Morgan fingerprint density at radius 1 is 0.773 bits per heavy atom. The highest BCUT2D eigenvalue weighted by Gasteiger charge is 2.18. The Hall–Kier alpha value is -1.78. The molecule has 4 heteroatoms. The summed E-state index contributed by atoms with van der Waals surface area (Å²) >= 11 is 0. The van der Waals surface area contributed by atoms with Crippen molar-refractivity contribution in [3.8, 4) is 0 Å². The highest BCUT2D eigenvalue weighted by atomic mass is 19.1. The molecule has 1 aliphatic heterocycles. The van der Waals surface area contributed by atoms with Crippen molar-refractivity contribution in [2.24, 2.45) is 0 Å². The summed E-state index contributed by atoms with van der Waals surface area (Å²) in [6, 6.07) is 13.7. The van der Waals surface area contributed by atoms with Crippen molar-refractivity contribution >= 4 is 0 Å². The first-order valence-corrected chi connectivity index (χ1v) is 7.63. The molecule has 0 atom stereocenters. The topological polar surface area (TPSA) is 6.48 Å². The third-order valence-corrected chi connectivity index (χ3v) is 4.11. The molecule has 1 saturated heterocycles. The van der Waals surface area contributed by atoms with Gasteiger partial charge in [0, 0.05) is 44.8 Å². The first-order chi connectivity index (χ1) is 10.7. The van der Waals surface area contributed by atoms with Gasteiger partial charge in [-0.2, -0.15) is 0 Å². The average Bonchev–Trinajstić information content (AvgIpc) is 2.52. The van der Waals surface area contributed by atoms with Crippen LogP contribution in [0.2, 0.25) is 0 Å². The van der Waals surface area contributed by atoms with Crippen molar-refractivity contribution in [3.05, 3.63) is 71.3 Å². The Bertz CT molecular complexity index is 622. The van der Waals surface area contributed by atoms with Crippen molar-refractivity contribution in [2.75, 3.05) is 26.2 Å². The summed E-state index contributed by atoms with van der Waals surface area (Å²) in [6.45, 7) is 5.08. The van der Waals surface area contributed by atoms with Gasteiger partial charge in [0.25, 0.3) is 0 Å². The minimum Gasteiger partial charge on any atom is -0.297 e. The maximum Gasteiger partial charge on any atom is 0.127 e. The summed E-state index contributed by atoms with van der Waals surface area (Å²) in [7, 11) is 0. The molecule has 0 bridgehead atoms. The fraction of sp³-hybridized carbons (Fsp3) is 0.333. The molecule has 3 rings (SSSR count). The summed E-state index contributed by atoms with van der Waals surface area (Å²) in [5, 5.41) is 0. The molecular formula is C18H20F2N2. The zero-order chi connectivity index (χ0) is 15.4. The maximum absolute atomic E-state index is 13.7. The molecule has 0 aliphatic carbocycles. The molecular weight excluding hydrogens is 282 g/mol. The number of hydrogen-bond acceptors (Lipinski definition) is 2. The molecule has 1 heterocycles. The summed E-state index contributed by atoms with van der Waals surface area (Å²) in [5.74, 6) is -0.319. The molecule has 1 fully saturated rings. The molecule has 0 spiro atoms. The van der Waals surface area contributed by atoms with Crippen LogP contribution in [0, 0.1) is 11.6 Å². The highest BCUT2D eigenvalue weighted by molar-refractivity contribution is 5.18. The van der Waals surface area contributed by atoms with Gasteiger partial charge in [-0.25, -0.2) is 8.78 Å². The van der Waals surface area contributed by atoms with E-state index >= 15 is 0 Å². The van der Waals surface area contributed by atoms with E-state index in [0.717, 1.165) is 43.9 Å². The number of nitrogens with zero attached hydrogens (tertiary/aromatic N) is 2. The lowest BCUT2D eigenvalue weighted by molar-refractivity contribution is 0.121. The van der Waals surface area contributed by atoms with Crippen LogP contribution in [0.4, 0.5) is 8.78 Å². The van der Waals surface area contributed by atoms with E-state index in [1.54, 1.807) is 18.2 Å². The van der Waals surface area contributed by atoms with Crippen LogP contribution < -0.4 is 0 Å². The second kappa shape index (κ2) is 6.99. The summed E-state index contributed by atoms with van der Waals surface area (Å²) < 4.78 is 26.9. The van der Waals surface area contributed by atoms with E-state index in [0.29, 0.717) is 6.54 Å². The van der Waals surface area contributed by atoms with Gasteiger partial charge in [0.15, 0.2) is 0 Å².